The van der Waals surface area contributed by atoms with E-state index >= 15 is 0 Å². The second kappa shape index (κ2) is 8.66. The Hall–Kier alpha value is -2.32. The molecule has 0 aromatic carbocycles. The second-order valence-corrected chi connectivity index (χ2v) is 11.7. The van der Waals surface area contributed by atoms with Crippen LogP contribution in [0.4, 0.5) is 11.5 Å². The summed E-state index contributed by atoms with van der Waals surface area (Å²) in [4.78, 5) is 22.1. The zero-order valence-corrected chi connectivity index (χ0v) is 21.3. The summed E-state index contributed by atoms with van der Waals surface area (Å²) in [7, 11) is 3.91. The number of halogens is 1. The number of anilines is 2. The molecule has 1 amide bonds. The molecule has 0 spiro atoms. The van der Waals surface area contributed by atoms with Crippen molar-refractivity contribution in [2.24, 2.45) is 24.8 Å². The minimum absolute atomic E-state index is 0.107. The fourth-order valence-corrected chi connectivity index (χ4v) is 8.06. The number of aliphatic hydroxyl groups is 1. The van der Waals surface area contributed by atoms with Crippen molar-refractivity contribution >= 4 is 29.0 Å². The van der Waals surface area contributed by atoms with Crippen LogP contribution in [0.1, 0.15) is 55.4 Å². The Balaban J connectivity index is 1.13. The van der Waals surface area contributed by atoms with Crippen LogP contribution in [0.15, 0.2) is 24.5 Å². The molecule has 4 bridgehead atoms. The van der Waals surface area contributed by atoms with Crippen LogP contribution >= 0.6 is 11.6 Å². The number of aryl methyl sites for hydroxylation is 1. The lowest BCUT2D eigenvalue weighted by molar-refractivity contribution is -0.136. The lowest BCUT2D eigenvalue weighted by atomic mass is 9.52. The van der Waals surface area contributed by atoms with E-state index in [1.54, 1.807) is 10.9 Å². The minimum Gasteiger partial charge on any atom is -0.390 e. The first kappa shape index (κ1) is 23.1. The van der Waals surface area contributed by atoms with E-state index < -0.39 is 5.60 Å². The topological polar surface area (TPSA) is 86.5 Å². The number of amides is 1. The summed E-state index contributed by atoms with van der Waals surface area (Å²) in [6, 6.07) is 4.50. The number of piperidine rings is 1. The van der Waals surface area contributed by atoms with Gasteiger partial charge < -0.3 is 20.2 Å². The number of nitrogens with one attached hydrogen (secondary N) is 1. The van der Waals surface area contributed by atoms with Crippen molar-refractivity contribution in [3.63, 3.8) is 0 Å². The molecule has 4 aliphatic carbocycles. The molecule has 3 heterocycles. The van der Waals surface area contributed by atoms with Crippen molar-refractivity contribution in [2.45, 2.75) is 62.6 Å². The predicted molar refractivity (Wildman–Crippen MR) is 136 cm³/mol. The summed E-state index contributed by atoms with van der Waals surface area (Å²) >= 11 is 6.81. The minimum atomic E-state index is -0.511. The van der Waals surface area contributed by atoms with Gasteiger partial charge in [0.05, 0.1) is 17.5 Å². The van der Waals surface area contributed by atoms with Crippen molar-refractivity contribution in [3.05, 3.63) is 35.2 Å². The van der Waals surface area contributed by atoms with E-state index in [2.05, 4.69) is 31.3 Å². The Kier molecular flexibility index (Phi) is 5.72. The van der Waals surface area contributed by atoms with Crippen molar-refractivity contribution in [1.82, 2.24) is 20.1 Å². The van der Waals surface area contributed by atoms with E-state index in [1.165, 1.54) is 0 Å². The Morgan fingerprint density at radius 3 is 2.57 bits per heavy atom. The van der Waals surface area contributed by atoms with Gasteiger partial charge in [0.2, 0.25) is 0 Å². The third-order valence-electron chi connectivity index (χ3n) is 9.07. The quantitative estimate of drug-likeness (QED) is 0.658. The standard InChI is InChI=1S/C26H35ClN6O2/c1-31(19-5-8-33(9-6-19)20-4-3-7-28-15-20)25-21(27)23(30-32(25)2)24(34)29-22-17-10-16-11-18(22)14-26(35,12-16)13-17/h3-4,7,15-19,22,35H,5-6,8-14H2,1-2H3,(H,29,34). The molecule has 9 heteroatoms. The van der Waals surface area contributed by atoms with Crippen LogP contribution in [-0.4, -0.2) is 63.6 Å². The van der Waals surface area contributed by atoms with E-state index in [9.17, 15) is 9.90 Å². The highest BCUT2D eigenvalue weighted by atomic mass is 35.5. The first-order valence-corrected chi connectivity index (χ1v) is 13.3. The van der Waals surface area contributed by atoms with Crippen LogP contribution in [0, 0.1) is 17.8 Å². The molecule has 2 aromatic rings. The Morgan fingerprint density at radius 1 is 1.23 bits per heavy atom. The third kappa shape index (κ3) is 4.08. The summed E-state index contributed by atoms with van der Waals surface area (Å²) in [5.41, 5.74) is 0.947. The Labute approximate surface area is 211 Å². The van der Waals surface area contributed by atoms with Gasteiger partial charge in [-0.1, -0.05) is 11.6 Å². The van der Waals surface area contributed by atoms with Crippen LogP contribution in [0.2, 0.25) is 5.02 Å². The molecule has 4 saturated carbocycles. The number of pyridine rings is 1. The number of carbonyl (C=O) groups is 1. The van der Waals surface area contributed by atoms with Gasteiger partial charge in [-0.15, -0.1) is 0 Å². The number of carbonyl (C=O) groups excluding carboxylic acids is 1. The summed E-state index contributed by atoms with van der Waals surface area (Å²) < 4.78 is 1.74. The molecule has 2 aromatic heterocycles. The first-order chi connectivity index (χ1) is 16.8. The number of nitrogens with zero attached hydrogens (tertiary/aromatic N) is 5. The highest BCUT2D eigenvalue weighted by molar-refractivity contribution is 6.36. The lowest BCUT2D eigenvalue weighted by Crippen LogP contribution is -2.61. The normalized spacial score (nSPS) is 32.2. The van der Waals surface area contributed by atoms with Crippen molar-refractivity contribution in [2.75, 3.05) is 29.9 Å². The van der Waals surface area contributed by atoms with E-state index in [0.717, 1.165) is 69.5 Å². The van der Waals surface area contributed by atoms with Crippen LogP contribution in [0.25, 0.3) is 0 Å². The molecule has 2 unspecified atom stereocenters. The van der Waals surface area contributed by atoms with Gasteiger partial charge in [0.15, 0.2) is 5.69 Å². The maximum absolute atomic E-state index is 13.3. The van der Waals surface area contributed by atoms with Crippen molar-refractivity contribution in [3.8, 4) is 0 Å². The summed E-state index contributed by atoms with van der Waals surface area (Å²) in [6.45, 7) is 1.89. The molecule has 2 N–H and O–H groups in total. The number of aromatic nitrogens is 3. The molecule has 35 heavy (non-hydrogen) atoms. The van der Waals surface area contributed by atoms with E-state index in [4.69, 9.17) is 11.6 Å². The summed E-state index contributed by atoms with van der Waals surface area (Å²) in [5, 5.41) is 19.1. The third-order valence-corrected chi connectivity index (χ3v) is 9.42. The Morgan fingerprint density at radius 2 is 1.94 bits per heavy atom. The molecule has 1 saturated heterocycles. The molecule has 5 aliphatic rings. The largest absolute Gasteiger partial charge is 0.390 e. The van der Waals surface area contributed by atoms with Gasteiger partial charge in [-0.3, -0.25) is 14.5 Å². The van der Waals surface area contributed by atoms with Gasteiger partial charge in [0.25, 0.3) is 5.91 Å². The molecule has 188 valence electrons. The Bertz CT molecular complexity index is 1080. The van der Waals surface area contributed by atoms with Gasteiger partial charge in [-0.2, -0.15) is 5.10 Å². The van der Waals surface area contributed by atoms with Gasteiger partial charge in [-0.25, -0.2) is 0 Å². The zero-order chi connectivity index (χ0) is 24.3. The van der Waals surface area contributed by atoms with Crippen molar-refractivity contribution < 1.29 is 9.90 Å². The van der Waals surface area contributed by atoms with Crippen LogP contribution < -0.4 is 15.1 Å². The van der Waals surface area contributed by atoms with Gasteiger partial charge in [-0.05, 0) is 74.8 Å². The molecule has 8 nitrogen and oxygen atoms in total. The molecule has 7 rings (SSSR count). The van der Waals surface area contributed by atoms with Gasteiger partial charge >= 0.3 is 0 Å². The number of rotatable bonds is 5. The average Bonchev–Trinajstić information content (AvgIpc) is 3.14. The van der Waals surface area contributed by atoms with Crippen LogP contribution in [0.3, 0.4) is 0 Å². The van der Waals surface area contributed by atoms with E-state index in [0.29, 0.717) is 34.5 Å². The summed E-state index contributed by atoms with van der Waals surface area (Å²) in [5.74, 6) is 1.90. The fraction of sp³-hybridized carbons (Fsp3) is 0.654. The lowest BCUT2D eigenvalue weighted by Gasteiger charge is -2.58. The molecule has 0 radical (unpaired) electrons. The molecule has 1 aliphatic heterocycles. The maximum Gasteiger partial charge on any atom is 0.273 e. The van der Waals surface area contributed by atoms with E-state index in [-0.39, 0.29) is 11.9 Å². The molecule has 5 fully saturated rings. The molecular formula is C26H35ClN6O2. The van der Waals surface area contributed by atoms with Crippen molar-refractivity contribution in [1.29, 1.82) is 0 Å². The SMILES string of the molecule is CN(c1c(Cl)c(C(=O)NC2C3CC4CC2CC(O)(C4)C3)nn1C)C1CCN(c2cccnc2)CC1. The number of hydrogen-bond donors (Lipinski definition) is 2. The number of hydrogen-bond acceptors (Lipinski definition) is 6. The monoisotopic (exact) mass is 498 g/mol. The summed E-state index contributed by atoms with van der Waals surface area (Å²) in [6.07, 6.45) is 10.4. The molecule has 2 atom stereocenters. The first-order valence-electron chi connectivity index (χ1n) is 12.9. The van der Waals surface area contributed by atoms with Crippen LogP contribution in [-0.2, 0) is 7.05 Å². The second-order valence-electron chi connectivity index (χ2n) is 11.3. The highest BCUT2D eigenvalue weighted by Crippen LogP contribution is 2.55. The molecular weight excluding hydrogens is 464 g/mol. The van der Waals surface area contributed by atoms with Gasteiger partial charge in [0, 0.05) is 45.5 Å². The highest BCUT2D eigenvalue weighted by Gasteiger charge is 2.55. The zero-order valence-electron chi connectivity index (χ0n) is 20.5. The van der Waals surface area contributed by atoms with Gasteiger partial charge in [0.1, 0.15) is 10.8 Å². The smallest absolute Gasteiger partial charge is 0.273 e. The predicted octanol–water partition coefficient (Wildman–Crippen LogP) is 3.24. The van der Waals surface area contributed by atoms with Crippen LogP contribution in [0.5, 0.6) is 0 Å². The van der Waals surface area contributed by atoms with E-state index in [1.807, 2.05) is 26.4 Å². The average molecular weight is 499 g/mol. The maximum atomic E-state index is 13.3. The fourth-order valence-electron chi connectivity index (χ4n) is 7.68.